The van der Waals surface area contributed by atoms with Crippen LogP contribution in [0.3, 0.4) is 0 Å². The largest absolute Gasteiger partial charge is 0.451 e. The van der Waals surface area contributed by atoms with Crippen LogP contribution in [0, 0.1) is 5.82 Å². The van der Waals surface area contributed by atoms with Gasteiger partial charge in [0.25, 0.3) is 5.91 Å². The Kier molecular flexibility index (Phi) is 8.14. The summed E-state index contributed by atoms with van der Waals surface area (Å²) in [7, 11) is 0. The lowest BCUT2D eigenvalue weighted by Gasteiger charge is -2.26. The summed E-state index contributed by atoms with van der Waals surface area (Å²) in [5.74, 6) is 0.179. The highest BCUT2D eigenvalue weighted by Gasteiger charge is 2.30. The molecular formula is C25H34FN5O4. The van der Waals surface area contributed by atoms with Gasteiger partial charge in [-0.25, -0.2) is 19.2 Å². The molecule has 1 aliphatic heterocycles. The molecule has 0 unspecified atom stereocenters. The third-order valence-corrected chi connectivity index (χ3v) is 5.47. The smallest absolute Gasteiger partial charge is 0.407 e. The van der Waals surface area contributed by atoms with Crippen molar-refractivity contribution < 1.29 is 23.5 Å². The summed E-state index contributed by atoms with van der Waals surface area (Å²) < 4.78 is 25.7. The minimum absolute atomic E-state index is 0.0590. The normalized spacial score (nSPS) is 15.8. The highest BCUT2D eigenvalue weighted by atomic mass is 19.1. The van der Waals surface area contributed by atoms with Crippen molar-refractivity contribution in [1.82, 2.24) is 20.2 Å². The molecule has 0 spiro atoms. The molecule has 0 saturated carbocycles. The molecule has 1 fully saturated rings. The monoisotopic (exact) mass is 487 g/mol. The van der Waals surface area contributed by atoms with Crippen LogP contribution in [0.2, 0.25) is 0 Å². The summed E-state index contributed by atoms with van der Waals surface area (Å²) in [5, 5.41) is 2.79. The van der Waals surface area contributed by atoms with E-state index in [2.05, 4.69) is 15.3 Å². The maximum absolute atomic E-state index is 14.1. The van der Waals surface area contributed by atoms with Gasteiger partial charge in [-0.2, -0.15) is 0 Å². The quantitative estimate of drug-likeness (QED) is 0.619. The van der Waals surface area contributed by atoms with Crippen LogP contribution in [0.4, 0.5) is 15.0 Å². The first-order valence-corrected chi connectivity index (χ1v) is 11.8. The van der Waals surface area contributed by atoms with Gasteiger partial charge in [-0.05, 0) is 59.7 Å². The van der Waals surface area contributed by atoms with E-state index in [1.807, 2.05) is 46.4 Å². The van der Waals surface area contributed by atoms with Gasteiger partial charge in [0.05, 0.1) is 18.3 Å². The second kappa shape index (κ2) is 10.9. The number of aromatic nitrogens is 2. The zero-order valence-electron chi connectivity index (χ0n) is 21.2. The van der Waals surface area contributed by atoms with E-state index in [4.69, 9.17) is 9.47 Å². The zero-order chi connectivity index (χ0) is 25.8. The minimum atomic E-state index is -0.530. The first-order chi connectivity index (χ1) is 16.5. The number of ether oxygens (including phenoxy) is 2. The lowest BCUT2D eigenvalue weighted by atomic mass is 10.1. The van der Waals surface area contributed by atoms with E-state index in [9.17, 15) is 14.0 Å². The summed E-state index contributed by atoms with van der Waals surface area (Å²) in [6.45, 7) is 12.8. The Morgan fingerprint density at radius 2 is 2.03 bits per heavy atom. The van der Waals surface area contributed by atoms with Crippen LogP contribution in [-0.2, 0) is 4.74 Å². The Morgan fingerprint density at radius 3 is 2.69 bits per heavy atom. The van der Waals surface area contributed by atoms with Crippen LogP contribution in [0.1, 0.15) is 58.3 Å². The number of hydrogen-bond donors (Lipinski definition) is 1. The first-order valence-electron chi connectivity index (χ1n) is 11.8. The molecule has 0 aliphatic carbocycles. The van der Waals surface area contributed by atoms with Crippen LogP contribution in [0.25, 0.3) is 0 Å². The average molecular weight is 488 g/mol. The number of halogens is 1. The fourth-order valence-electron chi connectivity index (χ4n) is 3.90. The predicted octanol–water partition coefficient (Wildman–Crippen LogP) is 4.38. The van der Waals surface area contributed by atoms with Crippen molar-refractivity contribution in [2.75, 3.05) is 24.5 Å². The van der Waals surface area contributed by atoms with E-state index in [0.29, 0.717) is 37.6 Å². The third-order valence-electron chi connectivity index (χ3n) is 5.47. The highest BCUT2D eigenvalue weighted by Crippen LogP contribution is 2.34. The SMILES string of the molecule is CCN(C(=O)c1cc(F)ccc1Oc1cncnc1N1CC[C@H](OC(=O)NC(C)(C)C)C1)C(C)C. The Bertz CT molecular complexity index is 1060. The van der Waals surface area contributed by atoms with Crippen molar-refractivity contribution in [2.45, 2.75) is 65.6 Å². The van der Waals surface area contributed by atoms with Crippen LogP contribution < -0.4 is 15.0 Å². The number of anilines is 1. The molecule has 2 heterocycles. The van der Waals surface area contributed by atoms with Crippen LogP contribution >= 0.6 is 0 Å². The van der Waals surface area contributed by atoms with Crippen molar-refractivity contribution in [2.24, 2.45) is 0 Å². The number of benzene rings is 1. The summed E-state index contributed by atoms with van der Waals surface area (Å²) in [6.07, 6.45) is 2.74. The Hall–Kier alpha value is -3.43. The van der Waals surface area contributed by atoms with Gasteiger partial charge in [-0.15, -0.1) is 0 Å². The number of alkyl carbamates (subject to hydrolysis) is 1. The van der Waals surface area contributed by atoms with E-state index in [-0.39, 0.29) is 29.4 Å². The molecule has 0 bridgehead atoms. The van der Waals surface area contributed by atoms with Gasteiger partial charge < -0.3 is 24.6 Å². The highest BCUT2D eigenvalue weighted by molar-refractivity contribution is 5.97. The maximum Gasteiger partial charge on any atom is 0.407 e. The standard InChI is InChI=1S/C25H34FN5O4/c1-7-31(16(2)3)23(32)19-12-17(26)8-9-20(19)35-21-13-27-15-28-22(21)30-11-10-18(14-30)34-24(33)29-25(4,5)6/h8-9,12-13,15-16,18H,7,10-11,14H2,1-6H3,(H,29,33)/t18-/m0/s1. The van der Waals surface area contributed by atoms with Gasteiger partial charge in [0.1, 0.15) is 24.0 Å². The van der Waals surface area contributed by atoms with Crippen LogP contribution in [-0.4, -0.2) is 64.2 Å². The number of carbonyl (C=O) groups excluding carboxylic acids is 2. The summed E-state index contributed by atoms with van der Waals surface area (Å²) in [5.41, 5.74) is -0.271. The number of nitrogens with one attached hydrogen (secondary N) is 1. The number of carbonyl (C=O) groups is 2. The molecule has 3 rings (SSSR count). The second-order valence-electron chi connectivity index (χ2n) is 9.78. The van der Waals surface area contributed by atoms with Gasteiger partial charge in [0.2, 0.25) is 0 Å². The van der Waals surface area contributed by atoms with Crippen LogP contribution in [0.5, 0.6) is 11.5 Å². The molecule has 2 amide bonds. The molecular weight excluding hydrogens is 453 g/mol. The molecule has 1 aromatic carbocycles. The number of amides is 2. The summed E-state index contributed by atoms with van der Waals surface area (Å²) in [4.78, 5) is 37.3. The number of rotatable bonds is 7. The molecule has 1 aromatic heterocycles. The summed E-state index contributed by atoms with van der Waals surface area (Å²) >= 11 is 0. The number of hydrogen-bond acceptors (Lipinski definition) is 7. The molecule has 1 N–H and O–H groups in total. The Labute approximate surface area is 205 Å². The van der Waals surface area contributed by atoms with Gasteiger partial charge in [0.15, 0.2) is 11.6 Å². The Morgan fingerprint density at radius 1 is 1.29 bits per heavy atom. The molecule has 190 valence electrons. The topological polar surface area (TPSA) is 96.9 Å². The van der Waals surface area contributed by atoms with Gasteiger partial charge in [-0.1, -0.05) is 0 Å². The van der Waals surface area contributed by atoms with Gasteiger partial charge >= 0.3 is 6.09 Å². The summed E-state index contributed by atoms with van der Waals surface area (Å²) in [6, 6.07) is 3.80. The molecule has 1 saturated heterocycles. The first kappa shape index (κ1) is 26.2. The van der Waals surface area contributed by atoms with E-state index in [0.717, 1.165) is 0 Å². The zero-order valence-corrected chi connectivity index (χ0v) is 21.2. The molecule has 9 nitrogen and oxygen atoms in total. The molecule has 1 aliphatic rings. The fourth-order valence-corrected chi connectivity index (χ4v) is 3.90. The molecule has 10 heteroatoms. The van der Waals surface area contributed by atoms with E-state index < -0.39 is 17.4 Å². The fraction of sp³-hybridized carbons (Fsp3) is 0.520. The molecule has 0 radical (unpaired) electrons. The minimum Gasteiger partial charge on any atom is -0.451 e. The lowest BCUT2D eigenvalue weighted by molar-refractivity contribution is 0.0713. The average Bonchev–Trinajstić information content (AvgIpc) is 3.22. The van der Waals surface area contributed by atoms with Crippen molar-refractivity contribution in [1.29, 1.82) is 0 Å². The van der Waals surface area contributed by atoms with E-state index in [1.54, 1.807) is 4.90 Å². The van der Waals surface area contributed by atoms with Crippen molar-refractivity contribution in [3.05, 3.63) is 42.1 Å². The van der Waals surface area contributed by atoms with E-state index in [1.165, 1.54) is 30.7 Å². The molecule has 35 heavy (non-hydrogen) atoms. The van der Waals surface area contributed by atoms with Crippen molar-refractivity contribution >= 4 is 17.8 Å². The predicted molar refractivity (Wildman–Crippen MR) is 130 cm³/mol. The van der Waals surface area contributed by atoms with Crippen molar-refractivity contribution in [3.63, 3.8) is 0 Å². The number of nitrogens with zero attached hydrogens (tertiary/aromatic N) is 4. The van der Waals surface area contributed by atoms with E-state index >= 15 is 0 Å². The molecule has 1 atom stereocenters. The second-order valence-corrected chi connectivity index (χ2v) is 9.78. The third kappa shape index (κ3) is 6.80. The van der Waals surface area contributed by atoms with Gasteiger partial charge in [-0.3, -0.25) is 4.79 Å². The molecule has 2 aromatic rings. The Balaban J connectivity index is 1.80. The maximum atomic E-state index is 14.1. The lowest BCUT2D eigenvalue weighted by Crippen LogP contribution is -2.42. The van der Waals surface area contributed by atoms with Gasteiger partial charge in [0, 0.05) is 31.1 Å². The van der Waals surface area contributed by atoms with Crippen molar-refractivity contribution in [3.8, 4) is 11.5 Å². The van der Waals surface area contributed by atoms with Crippen LogP contribution in [0.15, 0.2) is 30.7 Å².